The van der Waals surface area contributed by atoms with Gasteiger partial charge in [0.1, 0.15) is 6.79 Å². The van der Waals surface area contributed by atoms with Crippen molar-refractivity contribution in [3.8, 4) is 0 Å². The molecule has 0 saturated carbocycles. The third-order valence-electron chi connectivity index (χ3n) is 3.61. The molecule has 18 heavy (non-hydrogen) atoms. The van der Waals surface area contributed by atoms with Gasteiger partial charge < -0.3 is 14.2 Å². The lowest BCUT2D eigenvalue weighted by atomic mass is 9.98. The second kappa shape index (κ2) is 8.86. The minimum absolute atomic E-state index is 0.202. The topological polar surface area (TPSA) is 30.9 Å². The molecule has 0 spiro atoms. The van der Waals surface area contributed by atoms with Crippen LogP contribution in [0.15, 0.2) is 0 Å². The molecule has 0 bridgehead atoms. The molecule has 0 aromatic carbocycles. The van der Waals surface area contributed by atoms with Crippen molar-refractivity contribution in [2.24, 2.45) is 0 Å². The predicted molar refractivity (Wildman–Crippen MR) is 72.5 cm³/mol. The highest BCUT2D eigenvalue weighted by atomic mass is 16.7. The van der Waals surface area contributed by atoms with E-state index >= 15 is 0 Å². The smallest absolute Gasteiger partial charge is 0.158 e. The van der Waals surface area contributed by atoms with Gasteiger partial charge in [-0.25, -0.2) is 0 Å². The molecule has 4 heteroatoms. The van der Waals surface area contributed by atoms with E-state index in [0.717, 1.165) is 6.54 Å². The zero-order chi connectivity index (χ0) is 13.4. The number of ether oxygens (including phenoxy) is 3. The van der Waals surface area contributed by atoms with Crippen LogP contribution in [0.2, 0.25) is 0 Å². The van der Waals surface area contributed by atoms with Crippen LogP contribution in [0.1, 0.15) is 47.0 Å². The van der Waals surface area contributed by atoms with Gasteiger partial charge in [0, 0.05) is 12.6 Å². The number of likely N-dealkylation sites (tertiary alicyclic amines) is 1. The molecule has 0 aromatic heterocycles. The first-order valence-electron chi connectivity index (χ1n) is 7.27. The summed E-state index contributed by atoms with van der Waals surface area (Å²) in [5.41, 5.74) is 0. The first-order valence-corrected chi connectivity index (χ1v) is 7.27. The summed E-state index contributed by atoms with van der Waals surface area (Å²) in [6.07, 6.45) is 3.86. The van der Waals surface area contributed by atoms with Gasteiger partial charge in [-0.15, -0.1) is 0 Å². The van der Waals surface area contributed by atoms with Gasteiger partial charge in [0.05, 0.1) is 6.10 Å². The zero-order valence-electron chi connectivity index (χ0n) is 12.4. The minimum atomic E-state index is -0.202. The lowest BCUT2D eigenvalue weighted by molar-refractivity contribution is -0.211. The second-order valence-electron chi connectivity index (χ2n) is 4.88. The summed E-state index contributed by atoms with van der Waals surface area (Å²) in [5.74, 6) is 0. The van der Waals surface area contributed by atoms with Crippen LogP contribution in [-0.4, -0.2) is 49.8 Å². The second-order valence-corrected chi connectivity index (χ2v) is 4.88. The standard InChI is InChI=1S/C14H29NO3/c1-5-15-10-8-7-9-14(15)12(3)18-13(4)17-11-16-6-2/h12-14H,5-11H2,1-4H3. The van der Waals surface area contributed by atoms with Crippen molar-refractivity contribution in [1.82, 2.24) is 4.90 Å². The molecule has 0 aliphatic carbocycles. The van der Waals surface area contributed by atoms with Crippen LogP contribution in [0.4, 0.5) is 0 Å². The minimum Gasteiger partial charge on any atom is -0.356 e. The first kappa shape index (κ1) is 15.9. The molecule has 0 radical (unpaired) electrons. The fourth-order valence-corrected chi connectivity index (χ4v) is 2.60. The Labute approximate surface area is 112 Å². The Bertz CT molecular complexity index is 213. The SMILES string of the molecule is CCOCOC(C)OC(C)C1CCCCN1CC. The number of hydrogen-bond donors (Lipinski definition) is 0. The van der Waals surface area contributed by atoms with Crippen LogP contribution in [-0.2, 0) is 14.2 Å². The molecule has 0 N–H and O–H groups in total. The molecule has 1 saturated heterocycles. The highest BCUT2D eigenvalue weighted by Crippen LogP contribution is 2.21. The van der Waals surface area contributed by atoms with E-state index in [2.05, 4.69) is 18.7 Å². The van der Waals surface area contributed by atoms with Crippen molar-refractivity contribution in [1.29, 1.82) is 0 Å². The largest absolute Gasteiger partial charge is 0.356 e. The van der Waals surface area contributed by atoms with Gasteiger partial charge in [-0.05, 0) is 46.7 Å². The van der Waals surface area contributed by atoms with Crippen molar-refractivity contribution in [3.05, 3.63) is 0 Å². The van der Waals surface area contributed by atoms with Crippen LogP contribution in [0, 0.1) is 0 Å². The first-order chi connectivity index (χ1) is 8.69. The maximum atomic E-state index is 5.92. The molecule has 108 valence electrons. The molecule has 1 fully saturated rings. The number of rotatable bonds is 8. The molecule has 0 amide bonds. The van der Waals surface area contributed by atoms with Gasteiger partial charge in [-0.2, -0.15) is 0 Å². The normalized spacial score (nSPS) is 25.0. The summed E-state index contributed by atoms with van der Waals surface area (Å²) in [7, 11) is 0. The van der Waals surface area contributed by atoms with Crippen molar-refractivity contribution in [2.75, 3.05) is 26.5 Å². The van der Waals surface area contributed by atoms with Gasteiger partial charge >= 0.3 is 0 Å². The van der Waals surface area contributed by atoms with Gasteiger partial charge in [0.15, 0.2) is 6.29 Å². The third kappa shape index (κ3) is 5.22. The van der Waals surface area contributed by atoms with Crippen molar-refractivity contribution in [2.45, 2.75) is 65.4 Å². The van der Waals surface area contributed by atoms with E-state index in [1.54, 1.807) is 0 Å². The van der Waals surface area contributed by atoms with Crippen LogP contribution in [0.3, 0.4) is 0 Å². The summed E-state index contributed by atoms with van der Waals surface area (Å²) in [6, 6.07) is 0.530. The fraction of sp³-hybridized carbons (Fsp3) is 1.00. The van der Waals surface area contributed by atoms with E-state index in [0.29, 0.717) is 19.4 Å². The molecule has 3 unspecified atom stereocenters. The van der Waals surface area contributed by atoms with E-state index in [9.17, 15) is 0 Å². The average Bonchev–Trinajstić information content (AvgIpc) is 2.39. The predicted octanol–water partition coefficient (Wildman–Crippen LogP) is 2.62. The van der Waals surface area contributed by atoms with E-state index in [-0.39, 0.29) is 12.4 Å². The quantitative estimate of drug-likeness (QED) is 0.495. The Morgan fingerprint density at radius 1 is 1.22 bits per heavy atom. The molecule has 1 rings (SSSR count). The lowest BCUT2D eigenvalue weighted by Gasteiger charge is -2.39. The summed E-state index contributed by atoms with van der Waals surface area (Å²) in [6.45, 7) is 11.6. The average molecular weight is 259 g/mol. The summed E-state index contributed by atoms with van der Waals surface area (Å²) < 4.78 is 16.5. The Hall–Kier alpha value is -0.160. The van der Waals surface area contributed by atoms with Crippen LogP contribution in [0.25, 0.3) is 0 Å². The summed E-state index contributed by atoms with van der Waals surface area (Å²) >= 11 is 0. The van der Waals surface area contributed by atoms with Gasteiger partial charge in [0.25, 0.3) is 0 Å². The molecule has 0 aromatic rings. The van der Waals surface area contributed by atoms with E-state index in [1.165, 1.54) is 25.8 Å². The lowest BCUT2D eigenvalue weighted by Crippen LogP contribution is -2.47. The number of likely N-dealkylation sites (N-methyl/N-ethyl adjacent to an activating group) is 1. The van der Waals surface area contributed by atoms with E-state index in [1.807, 2.05) is 13.8 Å². The Morgan fingerprint density at radius 3 is 2.67 bits per heavy atom. The number of piperidine rings is 1. The number of hydrogen-bond acceptors (Lipinski definition) is 4. The van der Waals surface area contributed by atoms with E-state index < -0.39 is 0 Å². The van der Waals surface area contributed by atoms with E-state index in [4.69, 9.17) is 14.2 Å². The zero-order valence-corrected chi connectivity index (χ0v) is 12.4. The molecule has 3 atom stereocenters. The Morgan fingerprint density at radius 2 is 2.00 bits per heavy atom. The fourth-order valence-electron chi connectivity index (χ4n) is 2.60. The van der Waals surface area contributed by atoms with Crippen molar-refractivity contribution >= 4 is 0 Å². The highest BCUT2D eigenvalue weighted by molar-refractivity contribution is 4.81. The molecule has 4 nitrogen and oxygen atoms in total. The maximum Gasteiger partial charge on any atom is 0.158 e. The summed E-state index contributed by atoms with van der Waals surface area (Å²) in [4.78, 5) is 2.52. The van der Waals surface area contributed by atoms with Gasteiger partial charge in [-0.3, -0.25) is 4.90 Å². The Balaban J connectivity index is 2.30. The van der Waals surface area contributed by atoms with Crippen molar-refractivity contribution in [3.63, 3.8) is 0 Å². The molecular weight excluding hydrogens is 230 g/mol. The molecule has 1 aliphatic heterocycles. The summed E-state index contributed by atoms with van der Waals surface area (Å²) in [5, 5.41) is 0. The van der Waals surface area contributed by atoms with Gasteiger partial charge in [-0.1, -0.05) is 13.3 Å². The van der Waals surface area contributed by atoms with Crippen LogP contribution in [0.5, 0.6) is 0 Å². The highest BCUT2D eigenvalue weighted by Gasteiger charge is 2.27. The third-order valence-corrected chi connectivity index (χ3v) is 3.61. The van der Waals surface area contributed by atoms with Crippen LogP contribution < -0.4 is 0 Å². The Kier molecular flexibility index (Phi) is 7.82. The molecular formula is C14H29NO3. The van der Waals surface area contributed by atoms with Crippen LogP contribution >= 0.6 is 0 Å². The molecule has 1 heterocycles. The number of nitrogens with zero attached hydrogens (tertiary/aromatic N) is 1. The molecule has 1 aliphatic rings. The maximum absolute atomic E-state index is 5.92. The van der Waals surface area contributed by atoms with Crippen molar-refractivity contribution < 1.29 is 14.2 Å². The van der Waals surface area contributed by atoms with Gasteiger partial charge in [0.2, 0.25) is 0 Å². The monoisotopic (exact) mass is 259 g/mol.